The zero-order chi connectivity index (χ0) is 19.1. The van der Waals surface area contributed by atoms with E-state index >= 15 is 0 Å². The summed E-state index contributed by atoms with van der Waals surface area (Å²) >= 11 is 1.56. The SMILES string of the molecule is Br.C=CCn1c(-c2ccccc2)cs/c1=N\NC(=O)C12CC3CC(CC(C3)C1)C2. The van der Waals surface area contributed by atoms with Crippen molar-refractivity contribution >= 4 is 34.2 Å². The van der Waals surface area contributed by atoms with Gasteiger partial charge in [-0.3, -0.25) is 4.79 Å². The predicted octanol–water partition coefficient (Wildman–Crippen LogP) is 5.13. The van der Waals surface area contributed by atoms with Crippen LogP contribution < -0.4 is 10.2 Å². The molecule has 2 aromatic rings. The van der Waals surface area contributed by atoms with Crippen molar-refractivity contribution < 1.29 is 4.79 Å². The lowest BCUT2D eigenvalue weighted by molar-refractivity contribution is -0.146. The minimum Gasteiger partial charge on any atom is -0.311 e. The number of carbonyl (C=O) groups excluding carboxylic acids is 1. The topological polar surface area (TPSA) is 46.4 Å². The number of benzene rings is 1. The Balaban J connectivity index is 0.00000205. The summed E-state index contributed by atoms with van der Waals surface area (Å²) in [6.07, 6.45) is 9.09. The maximum absolute atomic E-state index is 13.2. The molecule has 154 valence electrons. The molecule has 1 heterocycles. The molecule has 0 unspecified atom stereocenters. The number of amides is 1. The van der Waals surface area contributed by atoms with Gasteiger partial charge in [-0.15, -0.1) is 40.0 Å². The number of nitrogens with one attached hydrogen (secondary N) is 1. The van der Waals surface area contributed by atoms with Gasteiger partial charge in [0.25, 0.3) is 0 Å². The number of nitrogens with zero attached hydrogens (tertiary/aromatic N) is 2. The fraction of sp³-hybridized carbons (Fsp3) is 0.478. The Kier molecular flexibility index (Phi) is 5.85. The van der Waals surface area contributed by atoms with Gasteiger partial charge in [0, 0.05) is 11.9 Å². The second-order valence-corrected chi connectivity index (χ2v) is 9.76. The van der Waals surface area contributed by atoms with Crippen LogP contribution in [0.15, 0.2) is 53.5 Å². The van der Waals surface area contributed by atoms with Gasteiger partial charge in [0.05, 0.1) is 11.1 Å². The third-order valence-electron chi connectivity index (χ3n) is 6.95. The van der Waals surface area contributed by atoms with Gasteiger partial charge in [0.15, 0.2) is 0 Å². The van der Waals surface area contributed by atoms with Crippen LogP contribution in [0.1, 0.15) is 38.5 Å². The largest absolute Gasteiger partial charge is 0.311 e. The lowest BCUT2D eigenvalue weighted by Gasteiger charge is -2.55. The van der Waals surface area contributed by atoms with Crippen LogP contribution >= 0.6 is 28.3 Å². The number of hydrogen-bond acceptors (Lipinski definition) is 3. The van der Waals surface area contributed by atoms with Crippen LogP contribution in [0.25, 0.3) is 11.3 Å². The van der Waals surface area contributed by atoms with E-state index < -0.39 is 0 Å². The molecule has 1 aromatic carbocycles. The molecule has 4 aliphatic carbocycles. The lowest BCUT2D eigenvalue weighted by Crippen LogP contribution is -2.53. The molecule has 4 nitrogen and oxygen atoms in total. The molecule has 1 N–H and O–H groups in total. The Bertz CT molecular complexity index is 927. The van der Waals surface area contributed by atoms with E-state index in [4.69, 9.17) is 0 Å². The molecule has 0 atom stereocenters. The Morgan fingerprint density at radius 3 is 2.38 bits per heavy atom. The first kappa shape index (κ1) is 20.6. The highest BCUT2D eigenvalue weighted by Gasteiger charge is 2.54. The third kappa shape index (κ3) is 3.77. The fourth-order valence-electron chi connectivity index (χ4n) is 6.17. The molecule has 0 spiro atoms. The van der Waals surface area contributed by atoms with Crippen LogP contribution in [0.5, 0.6) is 0 Å². The minimum absolute atomic E-state index is 0. The molecule has 4 aliphatic rings. The van der Waals surface area contributed by atoms with Gasteiger partial charge in [-0.25, -0.2) is 5.43 Å². The average Bonchev–Trinajstić information content (AvgIpc) is 3.08. The van der Waals surface area contributed by atoms with Crippen molar-refractivity contribution in [3.05, 3.63) is 53.2 Å². The summed E-state index contributed by atoms with van der Waals surface area (Å²) in [7, 11) is 0. The fourth-order valence-corrected chi connectivity index (χ4v) is 7.05. The monoisotopic (exact) mass is 473 g/mol. The van der Waals surface area contributed by atoms with Crippen LogP contribution in [0, 0.1) is 23.2 Å². The number of hydrogen-bond donors (Lipinski definition) is 1. The summed E-state index contributed by atoms with van der Waals surface area (Å²) < 4.78 is 2.12. The number of rotatable bonds is 5. The van der Waals surface area contributed by atoms with E-state index in [0.717, 1.165) is 53.1 Å². The molecular weight excluding hydrogens is 446 g/mol. The van der Waals surface area contributed by atoms with Crippen molar-refractivity contribution in [3.8, 4) is 11.3 Å². The van der Waals surface area contributed by atoms with Crippen LogP contribution in [-0.4, -0.2) is 10.5 Å². The molecule has 6 rings (SSSR count). The van der Waals surface area contributed by atoms with Gasteiger partial charge in [0.2, 0.25) is 10.7 Å². The van der Waals surface area contributed by atoms with E-state index in [1.807, 2.05) is 24.3 Å². The standard InChI is InChI=1S/C23H27N3OS.BrH/c1-2-8-26-20(19-6-4-3-5-7-19)15-28-22(26)25-24-21(27)23-12-16-9-17(13-23)11-18(10-16)14-23;/h2-7,15-18H,1,8-14H2,(H,24,27);1H/b25-22-;. The molecule has 4 fully saturated rings. The van der Waals surface area contributed by atoms with Gasteiger partial charge in [-0.05, 0) is 61.8 Å². The Hall–Kier alpha value is -1.66. The number of allylic oxidation sites excluding steroid dienone is 1. The van der Waals surface area contributed by atoms with Gasteiger partial charge < -0.3 is 4.57 Å². The van der Waals surface area contributed by atoms with E-state index in [1.165, 1.54) is 19.3 Å². The maximum Gasteiger partial charge on any atom is 0.246 e. The van der Waals surface area contributed by atoms with Gasteiger partial charge in [-0.1, -0.05) is 36.4 Å². The first-order valence-corrected chi connectivity index (χ1v) is 11.2. The molecule has 0 saturated heterocycles. The summed E-state index contributed by atoms with van der Waals surface area (Å²) in [4.78, 5) is 14.0. The van der Waals surface area contributed by atoms with E-state index in [2.05, 4.69) is 39.2 Å². The minimum atomic E-state index is -0.166. The third-order valence-corrected chi connectivity index (χ3v) is 7.82. The molecule has 4 saturated carbocycles. The molecule has 6 heteroatoms. The summed E-state index contributed by atoms with van der Waals surface area (Å²) in [6, 6.07) is 10.3. The van der Waals surface area contributed by atoms with E-state index in [-0.39, 0.29) is 28.3 Å². The highest BCUT2D eigenvalue weighted by molar-refractivity contribution is 8.93. The van der Waals surface area contributed by atoms with Gasteiger partial charge >= 0.3 is 0 Å². The van der Waals surface area contributed by atoms with Gasteiger partial charge in [0.1, 0.15) is 0 Å². The van der Waals surface area contributed by atoms with Crippen molar-refractivity contribution in [1.82, 2.24) is 9.99 Å². The summed E-state index contributed by atoms with van der Waals surface area (Å²) in [6.45, 7) is 4.55. The van der Waals surface area contributed by atoms with Crippen molar-refractivity contribution in [2.75, 3.05) is 0 Å². The normalized spacial score (nSPS) is 30.1. The van der Waals surface area contributed by atoms with Crippen molar-refractivity contribution in [2.45, 2.75) is 45.1 Å². The maximum atomic E-state index is 13.2. The number of carbonyl (C=O) groups is 1. The zero-order valence-electron chi connectivity index (χ0n) is 16.5. The van der Waals surface area contributed by atoms with Crippen molar-refractivity contribution in [1.29, 1.82) is 0 Å². The van der Waals surface area contributed by atoms with Crippen LogP contribution in [0.4, 0.5) is 0 Å². The average molecular weight is 474 g/mol. The molecule has 0 radical (unpaired) electrons. The lowest BCUT2D eigenvalue weighted by atomic mass is 9.49. The number of thiazole rings is 1. The summed E-state index contributed by atoms with van der Waals surface area (Å²) in [5.41, 5.74) is 5.05. The number of halogens is 1. The van der Waals surface area contributed by atoms with Crippen LogP contribution in [0.2, 0.25) is 0 Å². The first-order valence-electron chi connectivity index (χ1n) is 10.4. The Labute approximate surface area is 186 Å². The summed E-state index contributed by atoms with van der Waals surface area (Å²) in [5.74, 6) is 2.42. The molecule has 29 heavy (non-hydrogen) atoms. The van der Waals surface area contributed by atoms with Gasteiger partial charge in [-0.2, -0.15) is 0 Å². The summed E-state index contributed by atoms with van der Waals surface area (Å²) in [5, 5.41) is 6.67. The second kappa shape index (κ2) is 8.23. The highest BCUT2D eigenvalue weighted by atomic mass is 79.9. The molecule has 1 aromatic heterocycles. The van der Waals surface area contributed by atoms with Crippen molar-refractivity contribution in [2.24, 2.45) is 28.3 Å². The molecule has 4 bridgehead atoms. The quantitative estimate of drug-likeness (QED) is 0.474. The van der Waals surface area contributed by atoms with Crippen LogP contribution in [0.3, 0.4) is 0 Å². The predicted molar refractivity (Wildman–Crippen MR) is 123 cm³/mol. The number of aromatic nitrogens is 1. The first-order chi connectivity index (χ1) is 13.7. The van der Waals surface area contributed by atoms with E-state index in [9.17, 15) is 4.79 Å². The molecular formula is C23H28BrN3OS. The smallest absolute Gasteiger partial charge is 0.246 e. The zero-order valence-corrected chi connectivity index (χ0v) is 19.1. The van der Waals surface area contributed by atoms with Crippen molar-refractivity contribution in [3.63, 3.8) is 0 Å². The molecule has 0 aliphatic heterocycles. The van der Waals surface area contributed by atoms with Crippen LogP contribution in [-0.2, 0) is 11.3 Å². The van der Waals surface area contributed by atoms with E-state index in [1.54, 1.807) is 11.3 Å². The second-order valence-electron chi connectivity index (χ2n) is 8.92. The Morgan fingerprint density at radius 1 is 1.17 bits per heavy atom. The Morgan fingerprint density at radius 2 is 1.79 bits per heavy atom. The molecule has 1 amide bonds. The highest BCUT2D eigenvalue weighted by Crippen LogP contribution is 2.60. The van der Waals surface area contributed by atoms with E-state index in [0.29, 0.717) is 6.54 Å².